The van der Waals surface area contributed by atoms with Crippen molar-refractivity contribution in [2.24, 2.45) is 16.7 Å². The number of hydrogen-bond acceptors (Lipinski definition) is 9. The van der Waals surface area contributed by atoms with Crippen LogP contribution in [0.5, 0.6) is 0 Å². The van der Waals surface area contributed by atoms with Gasteiger partial charge in [0.05, 0.1) is 19.0 Å². The monoisotopic (exact) mass is 678 g/mol. The van der Waals surface area contributed by atoms with E-state index >= 15 is 0 Å². The predicted molar refractivity (Wildman–Crippen MR) is 178 cm³/mol. The number of nitrogens with one attached hydrogen (secondary N) is 1. The van der Waals surface area contributed by atoms with Gasteiger partial charge < -0.3 is 15.1 Å². The Morgan fingerprint density at radius 2 is 1.17 bits per heavy atom. The van der Waals surface area contributed by atoms with Crippen molar-refractivity contribution in [2.45, 2.75) is 146 Å². The van der Waals surface area contributed by atoms with Crippen LogP contribution in [-0.2, 0) is 43.2 Å². The van der Waals surface area contributed by atoms with E-state index in [4.69, 9.17) is 9.59 Å². The molecule has 0 aromatic carbocycles. The first kappa shape index (κ1) is 44.3. The number of ketones is 2. The third-order valence-corrected chi connectivity index (χ3v) is 7.96. The molecule has 3 heterocycles. The second-order valence-electron chi connectivity index (χ2n) is 15.2. The van der Waals surface area contributed by atoms with Gasteiger partial charge in [0, 0.05) is 24.9 Å². The minimum Gasteiger partial charge on any atom is -0.344 e. The van der Waals surface area contributed by atoms with Gasteiger partial charge in [0.15, 0.2) is 0 Å². The average molecular weight is 679 g/mol. The predicted octanol–water partition coefficient (Wildman–Crippen LogP) is 3.33. The van der Waals surface area contributed by atoms with Gasteiger partial charge in [-0.2, -0.15) is 9.59 Å². The standard InChI is InChI=1S/C17H26N2O4.C12H20N2O3.C5H12.CO2/c1-6-11-7-13(16(23)18(11)9-10(2)20)19-14(21)8-12(15(19)22)17(3,4)5;1-4-9-6-10(13-11(16)5-2)12(17)14(9)7-8(3)15;1-5(2,3)4;2-1-3/h11-13H,6-9H2,1-5H3;9-10H,4-7H2,1-3H3,(H,13,16);1-4H3;. The second kappa shape index (κ2) is 19.3. The molecular weight excluding hydrogens is 620 g/mol. The molecule has 5 unspecified atom stereocenters. The zero-order chi connectivity index (χ0) is 37.7. The number of carbonyl (C=O) groups excluding carboxylic acids is 9. The lowest BCUT2D eigenvalue weighted by molar-refractivity contribution is -0.191. The molecule has 13 heteroatoms. The van der Waals surface area contributed by atoms with Gasteiger partial charge in [0.25, 0.3) is 0 Å². The molecule has 13 nitrogen and oxygen atoms in total. The largest absolute Gasteiger partial charge is 0.373 e. The van der Waals surface area contributed by atoms with Crippen molar-refractivity contribution >= 4 is 47.3 Å². The van der Waals surface area contributed by atoms with Crippen LogP contribution in [0.3, 0.4) is 0 Å². The number of nitrogens with zero attached hydrogens (tertiary/aromatic N) is 3. The fourth-order valence-electron chi connectivity index (χ4n) is 5.69. The van der Waals surface area contributed by atoms with Crippen LogP contribution in [0.4, 0.5) is 0 Å². The van der Waals surface area contributed by atoms with Crippen molar-refractivity contribution in [3.8, 4) is 0 Å². The zero-order valence-corrected chi connectivity index (χ0v) is 31.1. The summed E-state index contributed by atoms with van der Waals surface area (Å²) in [6.45, 7) is 23.3. The van der Waals surface area contributed by atoms with Crippen LogP contribution in [0, 0.1) is 16.7 Å². The number of Topliss-reactive ketones (excluding diaryl/α,β-unsaturated/α-hetero) is 2. The first-order chi connectivity index (χ1) is 22.0. The first-order valence-corrected chi connectivity index (χ1v) is 16.7. The number of carbonyl (C=O) groups is 7. The van der Waals surface area contributed by atoms with Gasteiger partial charge in [-0.05, 0) is 50.4 Å². The van der Waals surface area contributed by atoms with E-state index < -0.39 is 12.1 Å². The summed E-state index contributed by atoms with van der Waals surface area (Å²) in [5, 5.41) is 2.70. The lowest BCUT2D eigenvalue weighted by atomic mass is 9.80. The van der Waals surface area contributed by atoms with Gasteiger partial charge >= 0.3 is 6.15 Å². The SMILES string of the molecule is CC(C)(C)C.CCC(=O)NC1CC(CC)N(CC(C)=O)C1=O.CCC1CC(N2C(=O)CC(C(C)(C)C)C2=O)C(=O)N1CC(C)=O.O=C=O. The van der Waals surface area contributed by atoms with Crippen molar-refractivity contribution in [3.63, 3.8) is 0 Å². The fourth-order valence-corrected chi connectivity index (χ4v) is 5.69. The summed E-state index contributed by atoms with van der Waals surface area (Å²) in [7, 11) is 0. The molecule has 3 aliphatic rings. The average Bonchev–Trinajstić information content (AvgIpc) is 3.53. The molecule has 3 fully saturated rings. The third-order valence-electron chi connectivity index (χ3n) is 7.96. The maximum absolute atomic E-state index is 12.7. The van der Waals surface area contributed by atoms with E-state index in [0.29, 0.717) is 31.1 Å². The molecule has 0 saturated carbocycles. The van der Waals surface area contributed by atoms with Gasteiger partial charge in [0.1, 0.15) is 23.7 Å². The zero-order valence-electron chi connectivity index (χ0n) is 31.1. The van der Waals surface area contributed by atoms with E-state index in [9.17, 15) is 33.6 Å². The molecule has 0 aromatic heterocycles. The van der Waals surface area contributed by atoms with Gasteiger partial charge in [-0.3, -0.25) is 38.5 Å². The topological polar surface area (TPSA) is 175 Å². The van der Waals surface area contributed by atoms with Crippen LogP contribution >= 0.6 is 0 Å². The van der Waals surface area contributed by atoms with E-state index in [1.165, 1.54) is 23.6 Å². The molecular formula is C35H58N4O9. The summed E-state index contributed by atoms with van der Waals surface area (Å²) in [6, 6.07) is -1.22. The van der Waals surface area contributed by atoms with Gasteiger partial charge in [0.2, 0.25) is 29.5 Å². The van der Waals surface area contributed by atoms with Gasteiger partial charge in [-0.1, -0.05) is 69.2 Å². The third kappa shape index (κ3) is 13.8. The van der Waals surface area contributed by atoms with Crippen LogP contribution in [0.2, 0.25) is 0 Å². The number of likely N-dealkylation sites (tertiary alicyclic amines) is 3. The Balaban J connectivity index is 0.000000774. The lowest BCUT2D eigenvalue weighted by Gasteiger charge is -2.26. The summed E-state index contributed by atoms with van der Waals surface area (Å²) in [4.78, 5) is 104. The number of rotatable bonds is 9. The van der Waals surface area contributed by atoms with E-state index in [-0.39, 0.29) is 90.2 Å². The van der Waals surface area contributed by atoms with Gasteiger partial charge in [-0.25, -0.2) is 0 Å². The normalized spacial score (nSPS) is 23.8. The van der Waals surface area contributed by atoms with Crippen LogP contribution in [0.1, 0.15) is 122 Å². The first-order valence-electron chi connectivity index (χ1n) is 16.7. The molecule has 0 aliphatic carbocycles. The van der Waals surface area contributed by atoms with Gasteiger partial charge in [-0.15, -0.1) is 0 Å². The van der Waals surface area contributed by atoms with Crippen molar-refractivity contribution < 1.29 is 43.2 Å². The molecule has 48 heavy (non-hydrogen) atoms. The molecule has 0 spiro atoms. The second-order valence-corrected chi connectivity index (χ2v) is 15.2. The Hall–Kier alpha value is -3.73. The highest BCUT2D eigenvalue weighted by molar-refractivity contribution is 6.08. The smallest absolute Gasteiger partial charge is 0.344 e. The Morgan fingerprint density at radius 3 is 1.52 bits per heavy atom. The Morgan fingerprint density at radius 1 is 0.750 bits per heavy atom. The van der Waals surface area contributed by atoms with Crippen molar-refractivity contribution in [3.05, 3.63) is 0 Å². The maximum Gasteiger partial charge on any atom is 0.373 e. The maximum atomic E-state index is 12.7. The highest BCUT2D eigenvalue weighted by Crippen LogP contribution is 2.38. The van der Waals surface area contributed by atoms with Crippen LogP contribution < -0.4 is 5.32 Å². The minimum atomic E-state index is -0.744. The minimum absolute atomic E-state index is 0.0285. The Kier molecular flexibility index (Phi) is 17.8. The highest BCUT2D eigenvalue weighted by atomic mass is 16.2. The van der Waals surface area contributed by atoms with E-state index in [1.54, 1.807) is 11.8 Å². The van der Waals surface area contributed by atoms with E-state index in [1.807, 2.05) is 34.6 Å². The molecule has 1 N–H and O–H groups in total. The summed E-state index contributed by atoms with van der Waals surface area (Å²) in [5.41, 5.74) is 0.187. The van der Waals surface area contributed by atoms with Crippen molar-refractivity contribution in [2.75, 3.05) is 13.1 Å². The highest BCUT2D eigenvalue weighted by Gasteiger charge is 2.52. The lowest BCUT2D eigenvalue weighted by Crippen LogP contribution is -2.47. The summed E-state index contributed by atoms with van der Waals surface area (Å²) < 4.78 is 0. The molecule has 5 atom stereocenters. The fraction of sp³-hybridized carbons (Fsp3) is 0.771. The summed E-state index contributed by atoms with van der Waals surface area (Å²) in [5.74, 6) is -1.55. The van der Waals surface area contributed by atoms with E-state index in [2.05, 4.69) is 33.0 Å². The number of hydrogen-bond donors (Lipinski definition) is 1. The van der Waals surface area contributed by atoms with Crippen LogP contribution in [-0.4, -0.2) is 99.2 Å². The number of imide groups is 1. The molecule has 272 valence electrons. The van der Waals surface area contributed by atoms with Crippen LogP contribution in [0.15, 0.2) is 0 Å². The molecule has 3 rings (SSSR count). The van der Waals surface area contributed by atoms with Crippen molar-refractivity contribution in [1.82, 2.24) is 20.0 Å². The molecule has 5 amide bonds. The van der Waals surface area contributed by atoms with E-state index in [0.717, 1.165) is 6.42 Å². The molecule has 3 aliphatic heterocycles. The number of amides is 5. The Bertz CT molecular complexity index is 1210. The summed E-state index contributed by atoms with van der Waals surface area (Å²) in [6.07, 6.45) is 3.32. The quantitative estimate of drug-likeness (QED) is 0.359. The summed E-state index contributed by atoms with van der Waals surface area (Å²) >= 11 is 0. The van der Waals surface area contributed by atoms with Crippen molar-refractivity contribution in [1.29, 1.82) is 0 Å². The van der Waals surface area contributed by atoms with Crippen LogP contribution in [0.25, 0.3) is 0 Å². The molecule has 0 aromatic rings. The molecule has 0 radical (unpaired) electrons. The Labute approximate surface area is 285 Å². The molecule has 3 saturated heterocycles. The molecule has 0 bridgehead atoms.